The fourth-order valence-electron chi connectivity index (χ4n) is 2.88. The normalized spacial score (nSPS) is 10.6. The average molecular weight is 419 g/mol. The van der Waals surface area contributed by atoms with E-state index >= 15 is 0 Å². The highest BCUT2D eigenvalue weighted by Gasteiger charge is 2.05. The SMILES string of the molecule is O=C(CCc1cccc(Cl)c1)Nc1ccc(Nc2ccc(-n3cccn3)nn2)cc1. The highest BCUT2D eigenvalue weighted by Crippen LogP contribution is 2.18. The van der Waals surface area contributed by atoms with Gasteiger partial charge in [0.25, 0.3) is 0 Å². The van der Waals surface area contributed by atoms with E-state index < -0.39 is 0 Å². The predicted octanol–water partition coefficient (Wildman–Crippen LogP) is 4.63. The van der Waals surface area contributed by atoms with Gasteiger partial charge in [-0.15, -0.1) is 10.2 Å². The van der Waals surface area contributed by atoms with Crippen LogP contribution in [0.1, 0.15) is 12.0 Å². The number of amides is 1. The third-order valence-corrected chi connectivity index (χ3v) is 4.60. The van der Waals surface area contributed by atoms with Crippen LogP contribution in [0.25, 0.3) is 5.82 Å². The van der Waals surface area contributed by atoms with Crippen LogP contribution < -0.4 is 10.6 Å². The van der Waals surface area contributed by atoms with Crippen molar-refractivity contribution < 1.29 is 4.79 Å². The minimum atomic E-state index is -0.0456. The van der Waals surface area contributed by atoms with Gasteiger partial charge in [-0.3, -0.25) is 4.79 Å². The number of rotatable bonds is 7. The monoisotopic (exact) mass is 418 g/mol. The molecule has 2 heterocycles. The first kappa shape index (κ1) is 19.6. The molecule has 0 aliphatic heterocycles. The molecule has 2 N–H and O–H groups in total. The summed E-state index contributed by atoms with van der Waals surface area (Å²) in [6, 6.07) is 20.4. The molecule has 0 atom stereocenters. The summed E-state index contributed by atoms with van der Waals surface area (Å²) in [6.07, 6.45) is 4.52. The van der Waals surface area contributed by atoms with Crippen molar-refractivity contribution in [1.29, 1.82) is 0 Å². The third-order valence-electron chi connectivity index (χ3n) is 4.36. The molecule has 0 saturated heterocycles. The zero-order valence-corrected chi connectivity index (χ0v) is 16.8. The van der Waals surface area contributed by atoms with Crippen molar-refractivity contribution in [3.8, 4) is 5.82 Å². The molecule has 1 amide bonds. The summed E-state index contributed by atoms with van der Waals surface area (Å²) in [5.41, 5.74) is 2.61. The van der Waals surface area contributed by atoms with Gasteiger partial charge in [0.2, 0.25) is 5.91 Å². The summed E-state index contributed by atoms with van der Waals surface area (Å²) in [6.45, 7) is 0. The molecule has 0 spiro atoms. The molecule has 4 rings (SSSR count). The molecule has 8 heteroatoms. The summed E-state index contributed by atoms with van der Waals surface area (Å²) >= 11 is 5.98. The molecule has 0 bridgehead atoms. The van der Waals surface area contributed by atoms with Crippen molar-refractivity contribution in [2.75, 3.05) is 10.6 Å². The Morgan fingerprint density at radius 1 is 0.967 bits per heavy atom. The quantitative estimate of drug-likeness (QED) is 0.457. The average Bonchev–Trinajstić information content (AvgIpc) is 3.29. The Labute approximate surface area is 178 Å². The first-order valence-corrected chi connectivity index (χ1v) is 9.79. The maximum absolute atomic E-state index is 12.2. The van der Waals surface area contributed by atoms with Crippen molar-refractivity contribution >= 4 is 34.7 Å². The Kier molecular flexibility index (Phi) is 6.01. The molecule has 0 fully saturated rings. The fourth-order valence-corrected chi connectivity index (χ4v) is 3.09. The zero-order valence-electron chi connectivity index (χ0n) is 16.0. The van der Waals surface area contributed by atoms with Gasteiger partial charge in [-0.25, -0.2) is 4.68 Å². The van der Waals surface area contributed by atoms with E-state index in [1.54, 1.807) is 17.1 Å². The molecular formula is C22H19ClN6O. The molecule has 7 nitrogen and oxygen atoms in total. The van der Waals surface area contributed by atoms with Crippen LogP contribution in [0.4, 0.5) is 17.2 Å². The highest BCUT2D eigenvalue weighted by molar-refractivity contribution is 6.30. The molecule has 30 heavy (non-hydrogen) atoms. The molecule has 2 aromatic carbocycles. The summed E-state index contributed by atoms with van der Waals surface area (Å²) in [7, 11) is 0. The van der Waals surface area contributed by atoms with Gasteiger partial charge in [0, 0.05) is 35.2 Å². The van der Waals surface area contributed by atoms with Crippen LogP contribution in [0.3, 0.4) is 0 Å². The van der Waals surface area contributed by atoms with Crippen molar-refractivity contribution in [3.63, 3.8) is 0 Å². The molecule has 0 aliphatic rings. The molecule has 4 aromatic rings. The fraction of sp³-hybridized carbons (Fsp3) is 0.0909. The Morgan fingerprint density at radius 2 is 1.80 bits per heavy atom. The Hall–Kier alpha value is -3.71. The Bertz CT molecular complexity index is 1110. The van der Waals surface area contributed by atoms with Crippen molar-refractivity contribution in [2.45, 2.75) is 12.8 Å². The molecule has 0 radical (unpaired) electrons. The molecule has 150 valence electrons. The molecule has 0 saturated carbocycles. The van der Waals surface area contributed by atoms with Gasteiger partial charge in [0.05, 0.1) is 0 Å². The maximum Gasteiger partial charge on any atom is 0.224 e. The van der Waals surface area contributed by atoms with E-state index in [-0.39, 0.29) is 5.91 Å². The Balaban J connectivity index is 1.30. The Morgan fingerprint density at radius 3 is 2.50 bits per heavy atom. The lowest BCUT2D eigenvalue weighted by molar-refractivity contribution is -0.116. The molecule has 2 aromatic heterocycles. The lowest BCUT2D eigenvalue weighted by atomic mass is 10.1. The predicted molar refractivity (Wildman–Crippen MR) is 117 cm³/mol. The van der Waals surface area contributed by atoms with Gasteiger partial charge in [0.1, 0.15) is 0 Å². The number of benzene rings is 2. The summed E-state index contributed by atoms with van der Waals surface area (Å²) in [5.74, 6) is 1.21. The zero-order chi connectivity index (χ0) is 20.8. The second-order valence-electron chi connectivity index (χ2n) is 6.61. The van der Waals surface area contributed by atoms with E-state index in [0.717, 1.165) is 16.9 Å². The number of anilines is 3. The van der Waals surface area contributed by atoms with Crippen LogP contribution in [-0.2, 0) is 11.2 Å². The largest absolute Gasteiger partial charge is 0.339 e. The number of hydrogen-bond acceptors (Lipinski definition) is 5. The van der Waals surface area contributed by atoms with E-state index in [1.165, 1.54) is 0 Å². The van der Waals surface area contributed by atoms with Gasteiger partial charge >= 0.3 is 0 Å². The summed E-state index contributed by atoms with van der Waals surface area (Å²) in [4.78, 5) is 12.2. The number of carbonyl (C=O) groups is 1. The van der Waals surface area contributed by atoms with Crippen LogP contribution in [-0.4, -0.2) is 25.9 Å². The van der Waals surface area contributed by atoms with Crippen molar-refractivity contribution in [1.82, 2.24) is 20.0 Å². The van der Waals surface area contributed by atoms with Crippen molar-refractivity contribution in [3.05, 3.63) is 89.7 Å². The number of hydrogen-bond donors (Lipinski definition) is 2. The number of aromatic nitrogens is 4. The van der Waals surface area contributed by atoms with Gasteiger partial charge < -0.3 is 10.6 Å². The highest BCUT2D eigenvalue weighted by atomic mass is 35.5. The number of carbonyl (C=O) groups excluding carboxylic acids is 1. The third kappa shape index (κ3) is 5.21. The summed E-state index contributed by atoms with van der Waals surface area (Å²) < 4.78 is 1.64. The van der Waals surface area contributed by atoms with Crippen LogP contribution >= 0.6 is 11.6 Å². The minimum absolute atomic E-state index is 0.0456. The minimum Gasteiger partial charge on any atom is -0.339 e. The van der Waals surface area contributed by atoms with E-state index in [0.29, 0.717) is 29.5 Å². The van der Waals surface area contributed by atoms with Gasteiger partial charge in [0.15, 0.2) is 11.6 Å². The molecular weight excluding hydrogens is 400 g/mol. The first-order chi connectivity index (χ1) is 14.7. The van der Waals surface area contributed by atoms with Gasteiger partial charge in [-0.2, -0.15) is 5.10 Å². The maximum atomic E-state index is 12.2. The van der Waals surface area contributed by atoms with Gasteiger partial charge in [-0.1, -0.05) is 23.7 Å². The van der Waals surface area contributed by atoms with Gasteiger partial charge in [-0.05, 0) is 66.6 Å². The van der Waals surface area contributed by atoms with Crippen LogP contribution in [0.2, 0.25) is 5.02 Å². The summed E-state index contributed by atoms with van der Waals surface area (Å²) in [5, 5.41) is 19.2. The van der Waals surface area contributed by atoms with Crippen LogP contribution in [0.5, 0.6) is 0 Å². The van der Waals surface area contributed by atoms with Crippen LogP contribution in [0.15, 0.2) is 79.1 Å². The van der Waals surface area contributed by atoms with Crippen LogP contribution in [0, 0.1) is 0 Å². The lowest BCUT2D eigenvalue weighted by Crippen LogP contribution is -2.12. The first-order valence-electron chi connectivity index (χ1n) is 9.41. The van der Waals surface area contributed by atoms with E-state index in [1.807, 2.05) is 66.7 Å². The van der Waals surface area contributed by atoms with E-state index in [2.05, 4.69) is 25.9 Å². The molecule has 0 unspecified atom stereocenters. The number of nitrogens with one attached hydrogen (secondary N) is 2. The standard InChI is InChI=1S/C22H19ClN6O/c23-17-4-1-3-16(15-17)5-12-22(30)26-19-8-6-18(7-9-19)25-20-10-11-21(28-27-20)29-14-2-13-24-29/h1-4,6-11,13-15H,5,12H2,(H,25,27)(H,26,30). The smallest absolute Gasteiger partial charge is 0.224 e. The lowest BCUT2D eigenvalue weighted by Gasteiger charge is -2.08. The van der Waals surface area contributed by atoms with E-state index in [9.17, 15) is 4.79 Å². The van der Waals surface area contributed by atoms with E-state index in [4.69, 9.17) is 11.6 Å². The number of aryl methyl sites for hydroxylation is 1. The topological polar surface area (TPSA) is 84.7 Å². The second kappa shape index (κ2) is 9.19. The molecule has 0 aliphatic carbocycles. The number of nitrogens with zero attached hydrogens (tertiary/aromatic N) is 4. The van der Waals surface area contributed by atoms with Crippen molar-refractivity contribution in [2.24, 2.45) is 0 Å². The number of halogens is 1. The second-order valence-corrected chi connectivity index (χ2v) is 7.04.